The van der Waals surface area contributed by atoms with Gasteiger partial charge in [-0.3, -0.25) is 9.88 Å². The van der Waals surface area contributed by atoms with Crippen molar-refractivity contribution < 1.29 is 9.94 Å². The van der Waals surface area contributed by atoms with E-state index in [0.717, 1.165) is 72.3 Å². The van der Waals surface area contributed by atoms with Crippen LogP contribution in [0.15, 0.2) is 54.0 Å². The number of allylic oxidation sites excluding steroid dienone is 1. The lowest BCUT2D eigenvalue weighted by Crippen LogP contribution is -2.35. The summed E-state index contributed by atoms with van der Waals surface area (Å²) in [5, 5.41) is 12.5. The monoisotopic (exact) mass is 387 g/mol. The van der Waals surface area contributed by atoms with E-state index in [1.54, 1.807) is 12.4 Å². The molecular weight excluding hydrogens is 366 g/mol. The summed E-state index contributed by atoms with van der Waals surface area (Å²) < 4.78 is 5.45. The molecule has 0 spiro atoms. The zero-order valence-corrected chi connectivity index (χ0v) is 15.9. The van der Waals surface area contributed by atoms with Crippen molar-refractivity contribution in [2.24, 2.45) is 5.16 Å². The Kier molecular flexibility index (Phi) is 4.67. The first-order valence-corrected chi connectivity index (χ1v) is 9.66. The lowest BCUT2D eigenvalue weighted by Gasteiger charge is -2.25. The van der Waals surface area contributed by atoms with Crippen molar-refractivity contribution in [2.75, 3.05) is 26.3 Å². The van der Waals surface area contributed by atoms with Gasteiger partial charge in [-0.1, -0.05) is 23.4 Å². The molecule has 1 aromatic carbocycles. The third-order valence-electron chi connectivity index (χ3n) is 5.33. The van der Waals surface area contributed by atoms with E-state index in [2.05, 4.69) is 26.1 Å². The van der Waals surface area contributed by atoms with Crippen LogP contribution in [0.1, 0.15) is 17.0 Å². The van der Waals surface area contributed by atoms with Gasteiger partial charge in [0.1, 0.15) is 11.5 Å². The number of nitrogens with zero attached hydrogens (tertiary/aromatic N) is 4. The summed E-state index contributed by atoms with van der Waals surface area (Å²) >= 11 is 0. The highest BCUT2D eigenvalue weighted by molar-refractivity contribution is 6.17. The number of nitrogens with one attached hydrogen (secondary N) is 1. The molecule has 3 heterocycles. The average Bonchev–Trinajstić information content (AvgIpc) is 3.38. The molecule has 0 saturated carbocycles. The van der Waals surface area contributed by atoms with Gasteiger partial charge in [-0.05, 0) is 29.8 Å². The van der Waals surface area contributed by atoms with Crippen molar-refractivity contribution in [1.29, 1.82) is 0 Å². The Hall–Kier alpha value is -3.29. The molecule has 1 aliphatic carbocycles. The van der Waals surface area contributed by atoms with E-state index in [4.69, 9.17) is 14.9 Å². The standard InChI is InChI=1S/C22H21N5O2/c28-26-19-4-2-16-13-17(1-3-18(16)19)22-21(15-5-7-23-8-6-15)24-20(25-22)14-27-9-11-29-12-10-27/h1-8,13,28H,9-12,14H2,(H,24,25). The fourth-order valence-electron chi connectivity index (χ4n) is 3.83. The van der Waals surface area contributed by atoms with Crippen LogP contribution < -0.4 is 0 Å². The number of benzene rings is 1. The molecule has 2 aromatic heterocycles. The van der Waals surface area contributed by atoms with Gasteiger partial charge in [0.15, 0.2) is 0 Å². The quantitative estimate of drug-likeness (QED) is 0.530. The Morgan fingerprint density at radius 1 is 1.07 bits per heavy atom. The third-order valence-corrected chi connectivity index (χ3v) is 5.33. The van der Waals surface area contributed by atoms with E-state index in [-0.39, 0.29) is 0 Å². The molecule has 1 fully saturated rings. The van der Waals surface area contributed by atoms with Gasteiger partial charge in [0, 0.05) is 42.2 Å². The van der Waals surface area contributed by atoms with Crippen molar-refractivity contribution in [1.82, 2.24) is 19.9 Å². The number of imidazole rings is 1. The molecule has 0 unspecified atom stereocenters. The molecule has 0 atom stereocenters. The highest BCUT2D eigenvalue weighted by Crippen LogP contribution is 2.33. The molecular formula is C22H21N5O2. The minimum absolute atomic E-state index is 0.580. The van der Waals surface area contributed by atoms with Gasteiger partial charge in [0.2, 0.25) is 0 Å². The molecule has 5 rings (SSSR count). The molecule has 2 N–H and O–H groups in total. The minimum atomic E-state index is 0.580. The molecule has 7 nitrogen and oxygen atoms in total. The summed E-state index contributed by atoms with van der Waals surface area (Å²) in [5.74, 6) is 0.933. The molecule has 1 saturated heterocycles. The average molecular weight is 387 g/mol. The molecule has 0 radical (unpaired) electrons. The fourth-order valence-corrected chi connectivity index (χ4v) is 3.83. The van der Waals surface area contributed by atoms with E-state index in [1.165, 1.54) is 0 Å². The summed E-state index contributed by atoms with van der Waals surface area (Å²) in [6.45, 7) is 4.10. The SMILES string of the molecule is ON=C1C=Cc2cc(-c3nc(CN4CCOCC4)[nH]c3-c3ccncc3)ccc21. The highest BCUT2D eigenvalue weighted by Gasteiger charge is 2.20. The second-order valence-electron chi connectivity index (χ2n) is 7.15. The normalized spacial score (nSPS) is 17.7. The number of aromatic amines is 1. The van der Waals surface area contributed by atoms with Crippen molar-refractivity contribution in [3.8, 4) is 22.5 Å². The smallest absolute Gasteiger partial charge is 0.121 e. The molecule has 3 aromatic rings. The number of pyridine rings is 1. The van der Waals surface area contributed by atoms with Crippen molar-refractivity contribution in [2.45, 2.75) is 6.54 Å². The summed E-state index contributed by atoms with van der Waals surface area (Å²) in [6.07, 6.45) is 7.35. The van der Waals surface area contributed by atoms with E-state index >= 15 is 0 Å². The Labute approximate surface area is 168 Å². The number of H-pyrrole nitrogens is 1. The predicted octanol–water partition coefficient (Wildman–Crippen LogP) is 3.18. The zero-order chi connectivity index (χ0) is 19.6. The van der Waals surface area contributed by atoms with E-state index in [0.29, 0.717) is 5.71 Å². The van der Waals surface area contributed by atoms with Gasteiger partial charge in [-0.25, -0.2) is 4.98 Å². The molecule has 0 amide bonds. The topological polar surface area (TPSA) is 86.6 Å². The van der Waals surface area contributed by atoms with Crippen LogP contribution >= 0.6 is 0 Å². The van der Waals surface area contributed by atoms with Crippen LogP contribution in [-0.2, 0) is 11.3 Å². The van der Waals surface area contributed by atoms with Crippen LogP contribution in [-0.4, -0.2) is 57.1 Å². The number of fused-ring (bicyclic) bond motifs is 1. The van der Waals surface area contributed by atoms with Crippen LogP contribution in [0.4, 0.5) is 0 Å². The number of oxime groups is 1. The molecule has 29 heavy (non-hydrogen) atoms. The second kappa shape index (κ2) is 7.62. The highest BCUT2D eigenvalue weighted by atomic mass is 16.5. The predicted molar refractivity (Wildman–Crippen MR) is 111 cm³/mol. The molecule has 146 valence electrons. The van der Waals surface area contributed by atoms with Gasteiger partial charge in [0.25, 0.3) is 0 Å². The Bertz CT molecular complexity index is 1080. The molecule has 7 heteroatoms. The number of hydrogen-bond donors (Lipinski definition) is 2. The summed E-state index contributed by atoms with van der Waals surface area (Å²) in [4.78, 5) is 15.0. The van der Waals surface area contributed by atoms with E-state index in [9.17, 15) is 0 Å². The lowest BCUT2D eigenvalue weighted by atomic mass is 10.0. The first-order valence-electron chi connectivity index (χ1n) is 9.66. The van der Waals surface area contributed by atoms with E-state index < -0.39 is 0 Å². The summed E-state index contributed by atoms with van der Waals surface area (Å²) in [7, 11) is 0. The van der Waals surface area contributed by atoms with Crippen LogP contribution in [0.5, 0.6) is 0 Å². The fraction of sp³-hybridized carbons (Fsp3) is 0.227. The van der Waals surface area contributed by atoms with E-state index in [1.807, 2.05) is 36.4 Å². The third kappa shape index (κ3) is 3.46. The minimum Gasteiger partial charge on any atom is -0.410 e. The maximum Gasteiger partial charge on any atom is 0.121 e. The number of morpholine rings is 1. The first-order chi connectivity index (χ1) is 14.3. The molecule has 0 bridgehead atoms. The Morgan fingerprint density at radius 3 is 2.69 bits per heavy atom. The number of hydrogen-bond acceptors (Lipinski definition) is 6. The van der Waals surface area contributed by atoms with Gasteiger partial charge in [-0.2, -0.15) is 0 Å². The van der Waals surface area contributed by atoms with Gasteiger partial charge in [0.05, 0.1) is 31.1 Å². The van der Waals surface area contributed by atoms with Crippen LogP contribution in [0, 0.1) is 0 Å². The van der Waals surface area contributed by atoms with Crippen LogP contribution in [0.2, 0.25) is 0 Å². The molecule has 1 aliphatic heterocycles. The van der Waals surface area contributed by atoms with Crippen LogP contribution in [0.25, 0.3) is 28.6 Å². The lowest BCUT2D eigenvalue weighted by molar-refractivity contribution is 0.0332. The van der Waals surface area contributed by atoms with Crippen molar-refractivity contribution in [3.63, 3.8) is 0 Å². The summed E-state index contributed by atoms with van der Waals surface area (Å²) in [6, 6.07) is 10.1. The van der Waals surface area contributed by atoms with Crippen molar-refractivity contribution in [3.05, 3.63) is 65.8 Å². The second-order valence-corrected chi connectivity index (χ2v) is 7.15. The largest absolute Gasteiger partial charge is 0.410 e. The zero-order valence-electron chi connectivity index (χ0n) is 15.9. The number of ether oxygens (including phenoxy) is 1. The Balaban J connectivity index is 1.55. The van der Waals surface area contributed by atoms with Gasteiger partial charge >= 0.3 is 0 Å². The van der Waals surface area contributed by atoms with Crippen molar-refractivity contribution >= 4 is 11.8 Å². The van der Waals surface area contributed by atoms with Crippen LogP contribution in [0.3, 0.4) is 0 Å². The Morgan fingerprint density at radius 2 is 1.90 bits per heavy atom. The maximum atomic E-state index is 9.15. The van der Waals surface area contributed by atoms with Gasteiger partial charge < -0.3 is 14.9 Å². The van der Waals surface area contributed by atoms with Gasteiger partial charge in [-0.15, -0.1) is 0 Å². The first kappa shape index (κ1) is 17.8. The number of aromatic nitrogens is 3. The number of rotatable bonds is 4. The molecule has 2 aliphatic rings. The maximum absolute atomic E-state index is 9.15. The summed E-state index contributed by atoms with van der Waals surface area (Å²) in [5.41, 5.74) is 6.47.